The number of benzene rings is 2. The standard InChI is InChI=1S/C28H37NO6/c1-4-6-18(7-5-2)23(30)16-29-15-22(20-10-13-24-25(14-20)35-17-34-24)26(28(31)32)27(29)19-8-11-21(33-3)12-9-19/h8-14,18,22-23,26-27,30H,4-7,15-17H2,1-3H3,(H,31,32). The van der Waals surface area contributed by atoms with Crippen molar-refractivity contribution in [2.75, 3.05) is 27.0 Å². The van der Waals surface area contributed by atoms with Gasteiger partial charge in [-0.25, -0.2) is 0 Å². The van der Waals surface area contributed by atoms with Crippen LogP contribution in [0.25, 0.3) is 0 Å². The van der Waals surface area contributed by atoms with E-state index >= 15 is 0 Å². The largest absolute Gasteiger partial charge is 0.497 e. The minimum atomic E-state index is -0.843. The summed E-state index contributed by atoms with van der Waals surface area (Å²) in [6, 6.07) is 13.0. The van der Waals surface area contributed by atoms with Crippen molar-refractivity contribution < 1.29 is 29.2 Å². The van der Waals surface area contributed by atoms with Gasteiger partial charge in [-0.15, -0.1) is 0 Å². The maximum absolute atomic E-state index is 12.7. The molecule has 0 aromatic heterocycles. The molecule has 2 aromatic carbocycles. The van der Waals surface area contributed by atoms with Crippen molar-refractivity contribution in [2.45, 2.75) is 57.6 Å². The van der Waals surface area contributed by atoms with Crippen molar-refractivity contribution in [1.29, 1.82) is 0 Å². The molecule has 0 amide bonds. The summed E-state index contributed by atoms with van der Waals surface area (Å²) in [7, 11) is 1.62. The molecule has 35 heavy (non-hydrogen) atoms. The third-order valence-corrected chi connectivity index (χ3v) is 7.45. The van der Waals surface area contributed by atoms with Crippen molar-refractivity contribution in [3.63, 3.8) is 0 Å². The lowest BCUT2D eigenvalue weighted by Crippen LogP contribution is -2.38. The lowest BCUT2D eigenvalue weighted by atomic mass is 9.82. The highest BCUT2D eigenvalue weighted by Crippen LogP contribution is 2.48. The maximum Gasteiger partial charge on any atom is 0.309 e. The van der Waals surface area contributed by atoms with E-state index in [1.165, 1.54) is 0 Å². The normalized spacial score (nSPS) is 22.5. The zero-order chi connectivity index (χ0) is 24.9. The molecule has 4 atom stereocenters. The molecule has 2 aliphatic heterocycles. The molecular formula is C28H37NO6. The fourth-order valence-corrected chi connectivity index (χ4v) is 5.76. The molecule has 7 nitrogen and oxygen atoms in total. The Morgan fingerprint density at radius 1 is 1.06 bits per heavy atom. The van der Waals surface area contributed by atoms with Crippen molar-refractivity contribution >= 4 is 5.97 Å². The SMILES string of the molecule is CCCC(CCC)C(O)CN1CC(c2ccc3c(c2)OCO3)C(C(=O)O)C1c1ccc(OC)cc1. The molecule has 0 spiro atoms. The fraction of sp³-hybridized carbons (Fsp3) is 0.536. The smallest absolute Gasteiger partial charge is 0.309 e. The van der Waals surface area contributed by atoms with Gasteiger partial charge in [0.05, 0.1) is 19.1 Å². The number of methoxy groups -OCH3 is 1. The second-order valence-corrected chi connectivity index (χ2v) is 9.66. The van der Waals surface area contributed by atoms with Crippen LogP contribution in [0.5, 0.6) is 17.2 Å². The van der Waals surface area contributed by atoms with Gasteiger partial charge in [-0.1, -0.05) is 44.9 Å². The lowest BCUT2D eigenvalue weighted by Gasteiger charge is -2.32. The Labute approximate surface area is 207 Å². The number of aliphatic hydroxyl groups is 1. The number of carboxylic acid groups (broad SMARTS) is 1. The third kappa shape index (κ3) is 5.41. The van der Waals surface area contributed by atoms with E-state index in [-0.39, 0.29) is 24.7 Å². The van der Waals surface area contributed by atoms with Gasteiger partial charge in [0, 0.05) is 25.0 Å². The van der Waals surface area contributed by atoms with E-state index in [1.807, 2.05) is 42.5 Å². The first-order valence-electron chi connectivity index (χ1n) is 12.6. The van der Waals surface area contributed by atoms with E-state index in [9.17, 15) is 15.0 Å². The van der Waals surface area contributed by atoms with Gasteiger partial charge in [-0.05, 0) is 54.2 Å². The Balaban J connectivity index is 1.69. The van der Waals surface area contributed by atoms with Crippen LogP contribution in [0.15, 0.2) is 42.5 Å². The van der Waals surface area contributed by atoms with Crippen molar-refractivity contribution in [1.82, 2.24) is 4.90 Å². The van der Waals surface area contributed by atoms with Crippen LogP contribution in [0.1, 0.15) is 62.6 Å². The summed E-state index contributed by atoms with van der Waals surface area (Å²) < 4.78 is 16.3. The maximum atomic E-state index is 12.7. The van der Waals surface area contributed by atoms with Crippen LogP contribution in [0, 0.1) is 11.8 Å². The predicted molar refractivity (Wildman–Crippen MR) is 133 cm³/mol. The second-order valence-electron chi connectivity index (χ2n) is 9.66. The summed E-state index contributed by atoms with van der Waals surface area (Å²) in [4.78, 5) is 14.9. The number of β-amino-alcohol motifs (C(OH)–C–C–N with tert-alkyl or cyclic N) is 1. The number of hydrogen-bond acceptors (Lipinski definition) is 6. The number of aliphatic hydroxyl groups excluding tert-OH is 1. The first-order chi connectivity index (χ1) is 17.0. The zero-order valence-electron chi connectivity index (χ0n) is 20.9. The summed E-state index contributed by atoms with van der Waals surface area (Å²) in [5.41, 5.74) is 1.83. The quantitative estimate of drug-likeness (QED) is 0.473. The summed E-state index contributed by atoms with van der Waals surface area (Å²) in [6.07, 6.45) is 3.44. The van der Waals surface area contributed by atoms with Gasteiger partial charge in [0.1, 0.15) is 5.75 Å². The van der Waals surface area contributed by atoms with E-state index < -0.39 is 18.0 Å². The first-order valence-corrected chi connectivity index (χ1v) is 12.6. The van der Waals surface area contributed by atoms with E-state index in [2.05, 4.69) is 18.7 Å². The lowest BCUT2D eigenvalue weighted by molar-refractivity contribution is -0.143. The second kappa shape index (κ2) is 11.3. The monoisotopic (exact) mass is 483 g/mol. The topological polar surface area (TPSA) is 88.5 Å². The fourth-order valence-electron chi connectivity index (χ4n) is 5.76. The molecule has 1 fully saturated rings. The van der Waals surface area contributed by atoms with Crippen LogP contribution in [0.3, 0.4) is 0 Å². The molecule has 2 heterocycles. The van der Waals surface area contributed by atoms with Crippen LogP contribution in [-0.2, 0) is 4.79 Å². The summed E-state index contributed by atoms with van der Waals surface area (Å²) in [6.45, 7) is 5.43. The van der Waals surface area contributed by atoms with E-state index in [4.69, 9.17) is 14.2 Å². The first kappa shape index (κ1) is 25.3. The number of rotatable bonds is 11. The van der Waals surface area contributed by atoms with Crippen molar-refractivity contribution in [3.05, 3.63) is 53.6 Å². The average Bonchev–Trinajstić information content (AvgIpc) is 3.48. The highest BCUT2D eigenvalue weighted by molar-refractivity contribution is 5.74. The highest BCUT2D eigenvalue weighted by Gasteiger charge is 2.48. The molecule has 1 saturated heterocycles. The van der Waals surface area contributed by atoms with Crippen molar-refractivity contribution in [2.24, 2.45) is 11.8 Å². The molecule has 4 unspecified atom stereocenters. The third-order valence-electron chi connectivity index (χ3n) is 7.45. The number of nitrogens with zero attached hydrogens (tertiary/aromatic N) is 1. The van der Waals surface area contributed by atoms with Crippen molar-refractivity contribution in [3.8, 4) is 17.2 Å². The highest BCUT2D eigenvalue weighted by atomic mass is 16.7. The number of likely N-dealkylation sites (tertiary alicyclic amines) is 1. The minimum Gasteiger partial charge on any atom is -0.497 e. The summed E-state index contributed by atoms with van der Waals surface area (Å²) in [5.74, 6) is 0.488. The Hall–Kier alpha value is -2.77. The van der Waals surface area contributed by atoms with Gasteiger partial charge in [-0.2, -0.15) is 0 Å². The van der Waals surface area contributed by atoms with E-state index in [0.29, 0.717) is 24.6 Å². The predicted octanol–water partition coefficient (Wildman–Crippen LogP) is 4.84. The number of carbonyl (C=O) groups is 1. The average molecular weight is 484 g/mol. The van der Waals surface area contributed by atoms with Gasteiger partial charge < -0.3 is 24.4 Å². The Bertz CT molecular complexity index is 987. The molecule has 2 N–H and O–H groups in total. The Kier molecular flexibility index (Phi) is 8.19. The van der Waals surface area contributed by atoms with Gasteiger partial charge in [0.25, 0.3) is 0 Å². The molecule has 0 saturated carbocycles. The molecule has 190 valence electrons. The number of aliphatic carboxylic acids is 1. The van der Waals surface area contributed by atoms with Gasteiger partial charge in [0.15, 0.2) is 11.5 Å². The van der Waals surface area contributed by atoms with Gasteiger partial charge >= 0.3 is 5.97 Å². The van der Waals surface area contributed by atoms with Crippen LogP contribution < -0.4 is 14.2 Å². The van der Waals surface area contributed by atoms with Gasteiger partial charge in [0.2, 0.25) is 6.79 Å². The molecule has 2 aromatic rings. The number of hydrogen-bond donors (Lipinski definition) is 2. The molecule has 0 aliphatic carbocycles. The molecule has 4 rings (SSSR count). The molecule has 0 radical (unpaired) electrons. The van der Waals surface area contributed by atoms with Crippen LogP contribution in [-0.4, -0.2) is 54.2 Å². The van der Waals surface area contributed by atoms with Crippen LogP contribution >= 0.6 is 0 Å². The number of ether oxygens (including phenoxy) is 3. The number of fused-ring (bicyclic) bond motifs is 1. The summed E-state index contributed by atoms with van der Waals surface area (Å²) in [5, 5.41) is 21.7. The zero-order valence-corrected chi connectivity index (χ0v) is 20.9. The Morgan fingerprint density at radius 2 is 1.71 bits per heavy atom. The number of carboxylic acids is 1. The summed E-state index contributed by atoms with van der Waals surface area (Å²) >= 11 is 0. The minimum absolute atomic E-state index is 0.175. The molecule has 2 aliphatic rings. The van der Waals surface area contributed by atoms with Gasteiger partial charge in [-0.3, -0.25) is 9.69 Å². The molecule has 0 bridgehead atoms. The Morgan fingerprint density at radius 3 is 2.34 bits per heavy atom. The van der Waals surface area contributed by atoms with Crippen LogP contribution in [0.2, 0.25) is 0 Å². The molecular weight excluding hydrogens is 446 g/mol. The molecule has 7 heteroatoms. The van der Waals surface area contributed by atoms with E-state index in [1.54, 1.807) is 7.11 Å². The van der Waals surface area contributed by atoms with Crippen LogP contribution in [0.4, 0.5) is 0 Å². The van der Waals surface area contributed by atoms with E-state index in [0.717, 1.165) is 42.6 Å².